The molecule has 2 amide bonds. The quantitative estimate of drug-likeness (QED) is 0.625. The van der Waals surface area contributed by atoms with Gasteiger partial charge >= 0.3 is 18.2 Å². The van der Waals surface area contributed by atoms with Crippen molar-refractivity contribution in [1.82, 2.24) is 10.2 Å². The SMILES string of the molecule is COC(=O)[C@H]1C[C@@H](NC(=O)OCc2ccccc2)CCN1C(=O)OC(C)(C)C. The van der Waals surface area contributed by atoms with E-state index in [-0.39, 0.29) is 25.6 Å². The van der Waals surface area contributed by atoms with Crippen LogP contribution in [0.5, 0.6) is 0 Å². The summed E-state index contributed by atoms with van der Waals surface area (Å²) in [7, 11) is 1.26. The number of piperidine rings is 1. The molecule has 8 heteroatoms. The van der Waals surface area contributed by atoms with Gasteiger partial charge in [-0.25, -0.2) is 14.4 Å². The summed E-state index contributed by atoms with van der Waals surface area (Å²) >= 11 is 0. The molecule has 0 bridgehead atoms. The largest absolute Gasteiger partial charge is 0.467 e. The van der Waals surface area contributed by atoms with Crippen molar-refractivity contribution in [3.8, 4) is 0 Å². The lowest BCUT2D eigenvalue weighted by molar-refractivity contribution is -0.148. The third-order valence-electron chi connectivity index (χ3n) is 4.24. The lowest BCUT2D eigenvalue weighted by atomic mass is 9.97. The van der Waals surface area contributed by atoms with Crippen molar-refractivity contribution in [2.75, 3.05) is 13.7 Å². The van der Waals surface area contributed by atoms with Crippen LogP contribution >= 0.6 is 0 Å². The zero-order valence-electron chi connectivity index (χ0n) is 16.8. The van der Waals surface area contributed by atoms with Crippen LogP contribution in [-0.2, 0) is 25.6 Å². The molecule has 1 aromatic rings. The molecule has 1 fully saturated rings. The van der Waals surface area contributed by atoms with Gasteiger partial charge in [0.15, 0.2) is 0 Å². The minimum absolute atomic E-state index is 0.157. The topological polar surface area (TPSA) is 94.2 Å². The molecule has 1 aliphatic heterocycles. The van der Waals surface area contributed by atoms with E-state index in [1.165, 1.54) is 12.0 Å². The van der Waals surface area contributed by atoms with Gasteiger partial charge in [0.2, 0.25) is 0 Å². The van der Waals surface area contributed by atoms with E-state index in [1.54, 1.807) is 20.8 Å². The number of carbonyl (C=O) groups is 3. The Kier molecular flexibility index (Phi) is 7.25. The van der Waals surface area contributed by atoms with Crippen LogP contribution in [0, 0.1) is 0 Å². The van der Waals surface area contributed by atoms with Crippen molar-refractivity contribution in [1.29, 1.82) is 0 Å². The molecule has 1 aliphatic rings. The molecular weight excluding hydrogens is 364 g/mol. The number of nitrogens with one attached hydrogen (secondary N) is 1. The average molecular weight is 392 g/mol. The first kappa shape index (κ1) is 21.5. The fourth-order valence-corrected chi connectivity index (χ4v) is 2.93. The number of amides is 2. The summed E-state index contributed by atoms with van der Waals surface area (Å²) in [6.07, 6.45) is -0.435. The summed E-state index contributed by atoms with van der Waals surface area (Å²) in [6, 6.07) is 8.20. The molecule has 2 atom stereocenters. The van der Waals surface area contributed by atoms with E-state index < -0.39 is 29.8 Å². The van der Waals surface area contributed by atoms with E-state index >= 15 is 0 Å². The van der Waals surface area contributed by atoms with Gasteiger partial charge in [-0.15, -0.1) is 0 Å². The number of nitrogens with zero attached hydrogens (tertiary/aromatic N) is 1. The van der Waals surface area contributed by atoms with E-state index in [0.717, 1.165) is 5.56 Å². The van der Waals surface area contributed by atoms with E-state index in [4.69, 9.17) is 14.2 Å². The standard InChI is InChI=1S/C20H28N2O6/c1-20(2,3)28-19(25)22-11-10-15(12-16(22)17(23)26-4)21-18(24)27-13-14-8-6-5-7-9-14/h5-9,15-16H,10-13H2,1-4H3,(H,21,24)/t15-,16+/m0/s1. The first-order valence-electron chi connectivity index (χ1n) is 9.24. The summed E-state index contributed by atoms with van der Waals surface area (Å²) in [5.41, 5.74) is 0.207. The third-order valence-corrected chi connectivity index (χ3v) is 4.24. The van der Waals surface area contributed by atoms with Crippen LogP contribution in [0.1, 0.15) is 39.2 Å². The molecule has 0 radical (unpaired) electrons. The number of rotatable bonds is 4. The van der Waals surface area contributed by atoms with Crippen LogP contribution in [0.2, 0.25) is 0 Å². The Balaban J connectivity index is 1.93. The van der Waals surface area contributed by atoms with E-state index in [1.807, 2.05) is 30.3 Å². The number of methoxy groups -OCH3 is 1. The van der Waals surface area contributed by atoms with Gasteiger partial charge in [0.1, 0.15) is 18.2 Å². The highest BCUT2D eigenvalue weighted by Gasteiger charge is 2.39. The number of carbonyl (C=O) groups excluding carboxylic acids is 3. The maximum absolute atomic E-state index is 12.4. The smallest absolute Gasteiger partial charge is 0.411 e. The van der Waals surface area contributed by atoms with Gasteiger partial charge in [-0.3, -0.25) is 4.90 Å². The Labute approximate surface area is 165 Å². The highest BCUT2D eigenvalue weighted by Crippen LogP contribution is 2.22. The first-order chi connectivity index (χ1) is 13.2. The Hall–Kier alpha value is -2.77. The van der Waals surface area contributed by atoms with Crippen LogP contribution in [0.4, 0.5) is 9.59 Å². The van der Waals surface area contributed by atoms with Gasteiger partial charge in [-0.2, -0.15) is 0 Å². The van der Waals surface area contributed by atoms with E-state index in [9.17, 15) is 14.4 Å². The number of hydrogen-bond donors (Lipinski definition) is 1. The molecule has 0 aromatic heterocycles. The summed E-state index contributed by atoms with van der Waals surface area (Å²) in [6.45, 7) is 5.70. The minimum Gasteiger partial charge on any atom is -0.467 e. The second kappa shape index (κ2) is 9.43. The lowest BCUT2D eigenvalue weighted by Crippen LogP contribution is -2.56. The average Bonchev–Trinajstić information content (AvgIpc) is 2.65. The second-order valence-electron chi connectivity index (χ2n) is 7.64. The van der Waals surface area contributed by atoms with Crippen LogP contribution in [-0.4, -0.2) is 54.4 Å². The summed E-state index contributed by atoms with van der Waals surface area (Å²) in [5.74, 6) is -0.546. The Morgan fingerprint density at radius 2 is 1.86 bits per heavy atom. The third kappa shape index (κ3) is 6.44. The lowest BCUT2D eigenvalue weighted by Gasteiger charge is -2.38. The van der Waals surface area contributed by atoms with E-state index in [2.05, 4.69) is 5.32 Å². The number of esters is 1. The number of hydrogen-bond acceptors (Lipinski definition) is 6. The summed E-state index contributed by atoms with van der Waals surface area (Å²) < 4.78 is 15.4. The van der Waals surface area contributed by atoms with Crippen molar-refractivity contribution >= 4 is 18.2 Å². The monoisotopic (exact) mass is 392 g/mol. The van der Waals surface area contributed by atoms with Crippen LogP contribution in [0.25, 0.3) is 0 Å². The molecule has 8 nitrogen and oxygen atoms in total. The highest BCUT2D eigenvalue weighted by atomic mass is 16.6. The number of benzene rings is 1. The van der Waals surface area contributed by atoms with Crippen LogP contribution < -0.4 is 5.32 Å². The zero-order valence-corrected chi connectivity index (χ0v) is 16.8. The van der Waals surface area contributed by atoms with Gasteiger partial charge in [-0.05, 0) is 39.2 Å². The maximum atomic E-state index is 12.4. The minimum atomic E-state index is -0.826. The van der Waals surface area contributed by atoms with Gasteiger partial charge in [0, 0.05) is 12.6 Å². The maximum Gasteiger partial charge on any atom is 0.411 e. The Morgan fingerprint density at radius 1 is 1.18 bits per heavy atom. The molecule has 154 valence electrons. The van der Waals surface area contributed by atoms with Gasteiger partial charge in [-0.1, -0.05) is 30.3 Å². The molecule has 1 saturated heterocycles. The fraction of sp³-hybridized carbons (Fsp3) is 0.550. The fourth-order valence-electron chi connectivity index (χ4n) is 2.93. The molecule has 2 rings (SSSR count). The number of ether oxygens (including phenoxy) is 3. The van der Waals surface area contributed by atoms with Crippen molar-refractivity contribution in [3.05, 3.63) is 35.9 Å². The Bertz CT molecular complexity index is 686. The molecule has 0 saturated carbocycles. The molecule has 28 heavy (non-hydrogen) atoms. The van der Waals surface area contributed by atoms with E-state index in [0.29, 0.717) is 6.42 Å². The molecule has 0 aliphatic carbocycles. The van der Waals surface area contributed by atoms with Gasteiger partial charge < -0.3 is 19.5 Å². The van der Waals surface area contributed by atoms with Crippen LogP contribution in [0.3, 0.4) is 0 Å². The molecule has 0 unspecified atom stereocenters. The normalized spacial score (nSPS) is 19.5. The second-order valence-corrected chi connectivity index (χ2v) is 7.64. The molecule has 1 heterocycles. The molecule has 0 spiro atoms. The van der Waals surface area contributed by atoms with Crippen molar-refractivity contribution < 1.29 is 28.6 Å². The predicted octanol–water partition coefficient (Wildman–Crippen LogP) is 2.85. The Morgan fingerprint density at radius 3 is 2.46 bits per heavy atom. The molecule has 1 N–H and O–H groups in total. The van der Waals surface area contributed by atoms with Crippen molar-refractivity contribution in [3.63, 3.8) is 0 Å². The predicted molar refractivity (Wildman–Crippen MR) is 102 cm³/mol. The summed E-state index contributed by atoms with van der Waals surface area (Å²) in [4.78, 5) is 38.0. The van der Waals surface area contributed by atoms with Gasteiger partial charge in [0.25, 0.3) is 0 Å². The highest BCUT2D eigenvalue weighted by molar-refractivity contribution is 5.82. The number of likely N-dealkylation sites (tertiary alicyclic amines) is 1. The van der Waals surface area contributed by atoms with Crippen LogP contribution in [0.15, 0.2) is 30.3 Å². The zero-order chi connectivity index (χ0) is 20.7. The van der Waals surface area contributed by atoms with Crippen molar-refractivity contribution in [2.24, 2.45) is 0 Å². The molecule has 1 aromatic carbocycles. The van der Waals surface area contributed by atoms with Gasteiger partial charge in [0.05, 0.1) is 7.11 Å². The summed E-state index contributed by atoms with van der Waals surface area (Å²) in [5, 5.41) is 2.76. The first-order valence-corrected chi connectivity index (χ1v) is 9.24. The molecular formula is C20H28N2O6. The number of alkyl carbamates (subject to hydrolysis) is 1. The van der Waals surface area contributed by atoms with Crippen molar-refractivity contribution in [2.45, 2.75) is 57.9 Å².